The fraction of sp³-hybridized carbons (Fsp3) is 1.00. The molecule has 2 atom stereocenters. The van der Waals surface area contributed by atoms with Crippen LogP contribution in [-0.2, 0) is 0 Å². The van der Waals surface area contributed by atoms with Gasteiger partial charge in [-0.2, -0.15) is 0 Å². The van der Waals surface area contributed by atoms with E-state index in [9.17, 15) is 5.11 Å². The molecule has 1 saturated heterocycles. The Labute approximate surface area is 81.7 Å². The lowest BCUT2D eigenvalue weighted by Crippen LogP contribution is -2.53. The van der Waals surface area contributed by atoms with Crippen LogP contribution >= 0.6 is 0 Å². The first-order valence-corrected chi connectivity index (χ1v) is 5.23. The van der Waals surface area contributed by atoms with Crippen molar-refractivity contribution in [1.29, 1.82) is 0 Å². The van der Waals surface area contributed by atoms with Gasteiger partial charge in [0.05, 0.1) is 6.61 Å². The van der Waals surface area contributed by atoms with Gasteiger partial charge in [0, 0.05) is 5.54 Å². The fourth-order valence-electron chi connectivity index (χ4n) is 2.13. The predicted octanol–water partition coefficient (Wildman–Crippen LogP) is 1.78. The highest BCUT2D eigenvalue weighted by atomic mass is 16.3. The largest absolute Gasteiger partial charge is 0.394 e. The number of rotatable bonds is 1. The van der Waals surface area contributed by atoms with Crippen LogP contribution in [0.4, 0.5) is 0 Å². The molecule has 0 aromatic rings. The van der Waals surface area contributed by atoms with Crippen molar-refractivity contribution in [2.75, 3.05) is 13.2 Å². The molecule has 0 spiro atoms. The van der Waals surface area contributed by atoms with Crippen LogP contribution in [0.1, 0.15) is 40.5 Å². The van der Waals surface area contributed by atoms with Crippen molar-refractivity contribution in [2.45, 2.75) is 46.1 Å². The smallest absolute Gasteiger partial charge is 0.0610 e. The number of hydrogen-bond donors (Lipinski definition) is 2. The zero-order chi connectivity index (χ0) is 10.1. The van der Waals surface area contributed by atoms with Gasteiger partial charge in [-0.05, 0) is 37.6 Å². The minimum Gasteiger partial charge on any atom is -0.394 e. The van der Waals surface area contributed by atoms with Crippen LogP contribution in [-0.4, -0.2) is 23.8 Å². The maximum Gasteiger partial charge on any atom is 0.0610 e. The molecule has 0 aromatic heterocycles. The quantitative estimate of drug-likeness (QED) is 0.652. The lowest BCUT2D eigenvalue weighted by atomic mass is 9.70. The van der Waals surface area contributed by atoms with Crippen LogP contribution in [0.2, 0.25) is 0 Å². The summed E-state index contributed by atoms with van der Waals surface area (Å²) in [6.45, 7) is 10.3. The Bertz CT molecular complexity index is 173. The molecule has 2 nitrogen and oxygen atoms in total. The summed E-state index contributed by atoms with van der Waals surface area (Å²) in [5.41, 5.74) is 0.328. The number of nitrogens with one attached hydrogen (secondary N) is 1. The summed E-state index contributed by atoms with van der Waals surface area (Å²) >= 11 is 0. The van der Waals surface area contributed by atoms with Crippen molar-refractivity contribution in [3.8, 4) is 0 Å². The molecule has 1 fully saturated rings. The zero-order valence-corrected chi connectivity index (χ0v) is 9.35. The molecule has 1 rings (SSSR count). The number of hydrogen-bond acceptors (Lipinski definition) is 2. The highest BCUT2D eigenvalue weighted by molar-refractivity contribution is 4.92. The molecule has 2 N–H and O–H groups in total. The highest BCUT2D eigenvalue weighted by Gasteiger charge is 2.36. The van der Waals surface area contributed by atoms with E-state index in [1.54, 1.807) is 0 Å². The lowest BCUT2D eigenvalue weighted by molar-refractivity contribution is 0.0743. The van der Waals surface area contributed by atoms with Crippen LogP contribution in [0.25, 0.3) is 0 Å². The molecular formula is C11H23NO. The van der Waals surface area contributed by atoms with Gasteiger partial charge in [-0.15, -0.1) is 0 Å². The normalized spacial score (nSPS) is 36.2. The van der Waals surface area contributed by atoms with Crippen LogP contribution in [0.3, 0.4) is 0 Å². The maximum atomic E-state index is 9.27. The molecule has 2 unspecified atom stereocenters. The van der Waals surface area contributed by atoms with E-state index in [1.807, 2.05) is 0 Å². The SMILES string of the molecule is CC1(CO)CC(C(C)(C)C)CCN1. The third-order valence-corrected chi connectivity index (χ3v) is 3.32. The number of aliphatic hydroxyl groups is 1. The van der Waals surface area contributed by atoms with Gasteiger partial charge >= 0.3 is 0 Å². The van der Waals surface area contributed by atoms with Gasteiger partial charge in [-0.3, -0.25) is 0 Å². The minimum absolute atomic E-state index is 0.0454. The van der Waals surface area contributed by atoms with E-state index in [0.717, 1.165) is 18.9 Å². The molecule has 0 bridgehead atoms. The Morgan fingerprint density at radius 1 is 1.46 bits per heavy atom. The van der Waals surface area contributed by atoms with E-state index in [-0.39, 0.29) is 12.1 Å². The third kappa shape index (κ3) is 2.68. The average molecular weight is 185 g/mol. The van der Waals surface area contributed by atoms with E-state index < -0.39 is 0 Å². The number of aliphatic hydroxyl groups excluding tert-OH is 1. The Morgan fingerprint density at radius 3 is 2.54 bits per heavy atom. The van der Waals surface area contributed by atoms with Gasteiger partial charge in [0.25, 0.3) is 0 Å². The van der Waals surface area contributed by atoms with Gasteiger partial charge in [-0.1, -0.05) is 20.8 Å². The zero-order valence-electron chi connectivity index (χ0n) is 9.35. The first-order chi connectivity index (χ1) is 5.87. The molecule has 0 aliphatic carbocycles. The van der Waals surface area contributed by atoms with Crippen molar-refractivity contribution in [3.05, 3.63) is 0 Å². The van der Waals surface area contributed by atoms with Crippen molar-refractivity contribution in [1.82, 2.24) is 5.32 Å². The van der Waals surface area contributed by atoms with Crippen molar-refractivity contribution >= 4 is 0 Å². The van der Waals surface area contributed by atoms with Crippen molar-refractivity contribution < 1.29 is 5.11 Å². The van der Waals surface area contributed by atoms with Crippen LogP contribution < -0.4 is 5.32 Å². The first kappa shape index (κ1) is 11.0. The second-order valence-corrected chi connectivity index (χ2v) is 5.70. The second-order valence-electron chi connectivity index (χ2n) is 5.70. The van der Waals surface area contributed by atoms with Gasteiger partial charge in [0.1, 0.15) is 0 Å². The molecule has 2 heteroatoms. The third-order valence-electron chi connectivity index (χ3n) is 3.32. The Balaban J connectivity index is 2.62. The summed E-state index contributed by atoms with van der Waals surface area (Å²) < 4.78 is 0. The average Bonchev–Trinajstić information content (AvgIpc) is 2.03. The van der Waals surface area contributed by atoms with Gasteiger partial charge in [-0.25, -0.2) is 0 Å². The molecule has 1 aliphatic heterocycles. The predicted molar refractivity (Wildman–Crippen MR) is 55.7 cm³/mol. The lowest BCUT2D eigenvalue weighted by Gasteiger charge is -2.43. The van der Waals surface area contributed by atoms with E-state index >= 15 is 0 Å². The highest BCUT2D eigenvalue weighted by Crippen LogP contribution is 2.37. The maximum absolute atomic E-state index is 9.27. The Kier molecular flexibility index (Phi) is 3.03. The summed E-state index contributed by atoms with van der Waals surface area (Å²) in [7, 11) is 0. The molecule has 0 aromatic carbocycles. The minimum atomic E-state index is -0.0454. The van der Waals surface area contributed by atoms with Crippen LogP contribution in [0, 0.1) is 11.3 Å². The molecular weight excluding hydrogens is 162 g/mol. The van der Waals surface area contributed by atoms with Gasteiger partial charge < -0.3 is 10.4 Å². The van der Waals surface area contributed by atoms with Crippen LogP contribution in [0.5, 0.6) is 0 Å². The molecule has 78 valence electrons. The van der Waals surface area contributed by atoms with Crippen molar-refractivity contribution in [3.63, 3.8) is 0 Å². The van der Waals surface area contributed by atoms with Gasteiger partial charge in [0.2, 0.25) is 0 Å². The monoisotopic (exact) mass is 185 g/mol. The molecule has 0 amide bonds. The van der Waals surface area contributed by atoms with E-state index in [4.69, 9.17) is 0 Å². The molecule has 13 heavy (non-hydrogen) atoms. The topological polar surface area (TPSA) is 32.3 Å². The summed E-state index contributed by atoms with van der Waals surface area (Å²) in [5.74, 6) is 0.728. The Hall–Kier alpha value is -0.0800. The summed E-state index contributed by atoms with van der Waals surface area (Å²) in [5, 5.41) is 12.7. The fourth-order valence-corrected chi connectivity index (χ4v) is 2.13. The van der Waals surface area contributed by atoms with E-state index in [2.05, 4.69) is 33.0 Å². The van der Waals surface area contributed by atoms with Crippen molar-refractivity contribution in [2.24, 2.45) is 11.3 Å². The van der Waals surface area contributed by atoms with Gasteiger partial charge in [0.15, 0.2) is 0 Å². The molecule has 1 aliphatic rings. The summed E-state index contributed by atoms with van der Waals surface area (Å²) in [6.07, 6.45) is 2.33. The number of piperidine rings is 1. The molecule has 0 saturated carbocycles. The summed E-state index contributed by atoms with van der Waals surface area (Å²) in [6, 6.07) is 0. The molecule has 1 heterocycles. The van der Waals surface area contributed by atoms with E-state index in [0.29, 0.717) is 5.41 Å². The Morgan fingerprint density at radius 2 is 2.08 bits per heavy atom. The van der Waals surface area contributed by atoms with E-state index in [1.165, 1.54) is 6.42 Å². The summed E-state index contributed by atoms with van der Waals surface area (Å²) in [4.78, 5) is 0. The first-order valence-electron chi connectivity index (χ1n) is 5.23. The second kappa shape index (κ2) is 3.58. The standard InChI is InChI=1S/C11H23NO/c1-10(2,3)9-5-6-12-11(4,7-9)8-13/h9,12-13H,5-8H2,1-4H3. The van der Waals surface area contributed by atoms with Crippen LogP contribution in [0.15, 0.2) is 0 Å². The molecule has 0 radical (unpaired) electrons.